The second-order valence-corrected chi connectivity index (χ2v) is 8.72. The number of benzene rings is 1. The fraction of sp³-hybridized carbons (Fsp3) is 0.263. The largest absolute Gasteiger partial charge is 0.443 e. The summed E-state index contributed by atoms with van der Waals surface area (Å²) in [6.45, 7) is 5.16. The van der Waals surface area contributed by atoms with E-state index in [-0.39, 0.29) is 11.0 Å². The number of carbonyl (C=O) groups is 2. The Hall–Kier alpha value is -2.72. The molecule has 1 atom stereocenters. The topological polar surface area (TPSA) is 86.1 Å². The van der Waals surface area contributed by atoms with Crippen LogP contribution in [0.5, 0.6) is 0 Å². The Morgan fingerprint density at radius 3 is 2.55 bits per heavy atom. The molecular weight excluding hydrogens is 415 g/mol. The van der Waals surface area contributed by atoms with Crippen LogP contribution in [0.2, 0.25) is 0 Å². The zero-order valence-electron chi connectivity index (χ0n) is 16.0. The average Bonchev–Trinajstić information content (AvgIpc) is 3.30. The van der Waals surface area contributed by atoms with E-state index in [0.29, 0.717) is 23.0 Å². The van der Waals surface area contributed by atoms with Crippen LogP contribution in [-0.4, -0.2) is 37.9 Å². The summed E-state index contributed by atoms with van der Waals surface area (Å²) >= 11 is 1.90. The summed E-state index contributed by atoms with van der Waals surface area (Å²) in [6, 6.07) is 10.3. The lowest BCUT2D eigenvalue weighted by molar-refractivity contribution is -0.118. The van der Waals surface area contributed by atoms with E-state index in [0.717, 1.165) is 4.57 Å². The van der Waals surface area contributed by atoms with Gasteiger partial charge in [0.1, 0.15) is 5.60 Å². The third-order valence-corrected chi connectivity index (χ3v) is 5.02. The molecule has 0 aliphatic heterocycles. The van der Waals surface area contributed by atoms with E-state index < -0.39 is 23.1 Å². The van der Waals surface area contributed by atoms with Crippen LogP contribution in [0.25, 0.3) is 11.4 Å². The van der Waals surface area contributed by atoms with Crippen LogP contribution < -0.4 is 5.32 Å². The van der Waals surface area contributed by atoms with Gasteiger partial charge < -0.3 is 10.1 Å². The Bertz CT molecular complexity index is 985. The standard InChI is InChI=1S/C19H19FN4O3S2/c1-19(2,3)27-18(26)24-15(12-9-10-28-11-12)22-23-17(24)29-14(20)16(25)21-13-7-5-4-6-8-13/h4-11,14H,1-3H3,(H,21,25). The minimum absolute atomic E-state index is 0.0730. The normalized spacial score (nSPS) is 12.4. The Morgan fingerprint density at radius 2 is 1.93 bits per heavy atom. The van der Waals surface area contributed by atoms with Gasteiger partial charge in [-0.1, -0.05) is 18.2 Å². The highest BCUT2D eigenvalue weighted by Crippen LogP contribution is 2.30. The molecule has 0 saturated heterocycles. The van der Waals surface area contributed by atoms with E-state index in [4.69, 9.17) is 4.74 Å². The van der Waals surface area contributed by atoms with Crippen LogP contribution in [-0.2, 0) is 9.53 Å². The number of ether oxygens (including phenoxy) is 1. The first-order valence-corrected chi connectivity index (χ1v) is 10.4. The van der Waals surface area contributed by atoms with Crippen LogP contribution in [0.3, 0.4) is 0 Å². The third-order valence-electron chi connectivity index (χ3n) is 3.45. The van der Waals surface area contributed by atoms with E-state index in [1.165, 1.54) is 11.3 Å². The molecule has 1 unspecified atom stereocenters. The van der Waals surface area contributed by atoms with Gasteiger partial charge in [0.25, 0.3) is 5.91 Å². The van der Waals surface area contributed by atoms with Gasteiger partial charge >= 0.3 is 6.09 Å². The van der Waals surface area contributed by atoms with Crippen molar-refractivity contribution in [1.82, 2.24) is 14.8 Å². The molecule has 1 amide bonds. The molecule has 0 saturated carbocycles. The summed E-state index contributed by atoms with van der Waals surface area (Å²) in [5, 5.41) is 13.9. The van der Waals surface area contributed by atoms with Gasteiger partial charge in [0, 0.05) is 16.6 Å². The van der Waals surface area contributed by atoms with Crippen molar-refractivity contribution in [3.63, 3.8) is 0 Å². The SMILES string of the molecule is CC(C)(C)OC(=O)n1c(SC(F)C(=O)Nc2ccccc2)nnc1-c1ccsc1. The molecule has 7 nitrogen and oxygen atoms in total. The first-order chi connectivity index (χ1) is 13.7. The molecular formula is C19H19FN4O3S2. The summed E-state index contributed by atoms with van der Waals surface area (Å²) < 4.78 is 21.1. The van der Waals surface area contributed by atoms with E-state index in [2.05, 4.69) is 15.5 Å². The van der Waals surface area contributed by atoms with E-state index in [9.17, 15) is 14.0 Å². The molecule has 0 bridgehead atoms. The average molecular weight is 435 g/mol. The molecule has 0 aliphatic rings. The van der Waals surface area contributed by atoms with Crippen molar-refractivity contribution in [2.75, 3.05) is 5.32 Å². The number of hydrogen-bond acceptors (Lipinski definition) is 7. The maximum atomic E-state index is 14.6. The van der Waals surface area contributed by atoms with E-state index >= 15 is 0 Å². The van der Waals surface area contributed by atoms with Gasteiger partial charge in [0.05, 0.1) is 0 Å². The number of amides is 1. The molecule has 1 N–H and O–H groups in total. The van der Waals surface area contributed by atoms with Crippen molar-refractivity contribution in [2.24, 2.45) is 0 Å². The predicted octanol–water partition coefficient (Wildman–Crippen LogP) is 4.82. The van der Waals surface area contributed by atoms with Crippen molar-refractivity contribution in [3.05, 3.63) is 47.2 Å². The zero-order chi connectivity index (χ0) is 21.0. The van der Waals surface area contributed by atoms with Gasteiger partial charge in [-0.25, -0.2) is 13.8 Å². The first-order valence-electron chi connectivity index (χ1n) is 8.62. The molecule has 3 rings (SSSR count). The number of halogens is 1. The van der Waals surface area contributed by atoms with Crippen LogP contribution in [0.1, 0.15) is 20.8 Å². The summed E-state index contributed by atoms with van der Waals surface area (Å²) in [5.74, 6) is -0.643. The van der Waals surface area contributed by atoms with Gasteiger partial charge in [-0.3, -0.25) is 4.79 Å². The second-order valence-electron chi connectivity index (χ2n) is 6.92. The number of alkyl halides is 1. The molecule has 0 radical (unpaired) electrons. The molecule has 0 aliphatic carbocycles. The van der Waals surface area contributed by atoms with E-state index in [1.807, 2.05) is 5.38 Å². The molecule has 2 aromatic heterocycles. The van der Waals surface area contributed by atoms with Crippen molar-refractivity contribution >= 4 is 40.8 Å². The number of nitrogens with one attached hydrogen (secondary N) is 1. The smallest absolute Gasteiger partial charge is 0.422 e. The van der Waals surface area contributed by atoms with Crippen molar-refractivity contribution < 1.29 is 18.7 Å². The lowest BCUT2D eigenvalue weighted by Gasteiger charge is -2.20. The summed E-state index contributed by atoms with van der Waals surface area (Å²) in [7, 11) is 0. The number of nitrogens with zero attached hydrogens (tertiary/aromatic N) is 3. The van der Waals surface area contributed by atoms with Gasteiger partial charge in [-0.15, -0.1) is 10.2 Å². The van der Waals surface area contributed by atoms with Crippen LogP contribution in [0, 0.1) is 0 Å². The monoisotopic (exact) mass is 434 g/mol. The Balaban J connectivity index is 1.84. The number of para-hydroxylation sites is 1. The minimum Gasteiger partial charge on any atom is -0.443 e. The highest BCUT2D eigenvalue weighted by molar-refractivity contribution is 8.00. The minimum atomic E-state index is -2.00. The number of anilines is 1. The van der Waals surface area contributed by atoms with Gasteiger partial charge in [0.2, 0.25) is 10.7 Å². The fourth-order valence-electron chi connectivity index (χ4n) is 2.26. The number of hydrogen-bond donors (Lipinski definition) is 1. The maximum absolute atomic E-state index is 14.6. The highest BCUT2D eigenvalue weighted by Gasteiger charge is 2.29. The first kappa shape index (κ1) is 21.0. The van der Waals surface area contributed by atoms with Crippen molar-refractivity contribution in [3.8, 4) is 11.4 Å². The van der Waals surface area contributed by atoms with Gasteiger partial charge in [0.15, 0.2) is 5.82 Å². The lowest BCUT2D eigenvalue weighted by Crippen LogP contribution is -2.28. The van der Waals surface area contributed by atoms with Crippen LogP contribution in [0.15, 0.2) is 52.3 Å². The molecule has 3 aromatic rings. The highest BCUT2D eigenvalue weighted by atomic mass is 32.2. The molecule has 0 spiro atoms. The fourth-order valence-corrected chi connectivity index (χ4v) is 3.60. The van der Waals surface area contributed by atoms with Crippen molar-refractivity contribution in [2.45, 2.75) is 37.0 Å². The Kier molecular flexibility index (Phi) is 6.33. The van der Waals surface area contributed by atoms with E-state index in [1.54, 1.807) is 62.5 Å². The quantitative estimate of drug-likeness (QED) is 0.580. The molecule has 2 heterocycles. The number of thioether (sulfide) groups is 1. The molecule has 0 fully saturated rings. The molecule has 1 aromatic carbocycles. The third kappa shape index (κ3) is 5.42. The predicted molar refractivity (Wildman–Crippen MR) is 111 cm³/mol. The second kappa shape index (κ2) is 8.75. The number of aromatic nitrogens is 3. The van der Waals surface area contributed by atoms with Crippen LogP contribution >= 0.6 is 23.1 Å². The van der Waals surface area contributed by atoms with Crippen LogP contribution in [0.4, 0.5) is 14.9 Å². The Morgan fingerprint density at radius 1 is 1.21 bits per heavy atom. The summed E-state index contributed by atoms with van der Waals surface area (Å²) in [6.07, 6.45) is -0.748. The number of rotatable bonds is 5. The van der Waals surface area contributed by atoms with Crippen molar-refractivity contribution in [1.29, 1.82) is 0 Å². The van der Waals surface area contributed by atoms with Gasteiger partial charge in [-0.2, -0.15) is 11.3 Å². The van der Waals surface area contributed by atoms with Gasteiger partial charge in [-0.05, 0) is 56.1 Å². The Labute approximate surface area is 175 Å². The zero-order valence-corrected chi connectivity index (χ0v) is 17.6. The number of thiophene rings is 1. The molecule has 29 heavy (non-hydrogen) atoms. The summed E-state index contributed by atoms with van der Waals surface area (Å²) in [5.41, 5.74) is -1.66. The molecule has 10 heteroatoms. The number of carbonyl (C=O) groups excluding carboxylic acids is 2. The maximum Gasteiger partial charge on any atom is 0.422 e. The summed E-state index contributed by atoms with van der Waals surface area (Å²) in [4.78, 5) is 24.9. The molecule has 152 valence electrons. The lowest BCUT2D eigenvalue weighted by atomic mass is 10.2.